The van der Waals surface area contributed by atoms with E-state index in [2.05, 4.69) is 31.4 Å². The molecular weight excluding hydrogens is 560 g/mol. The molecule has 1 amide bonds. The van der Waals surface area contributed by atoms with Crippen LogP contribution in [0.15, 0.2) is 26.4 Å². The maximum atomic E-state index is 12.8. The average molecular weight is 586 g/mol. The van der Waals surface area contributed by atoms with E-state index in [0.29, 0.717) is 27.0 Å². The van der Waals surface area contributed by atoms with Gasteiger partial charge in [0, 0.05) is 6.04 Å². The molecule has 0 aromatic carbocycles. The number of esters is 2. The van der Waals surface area contributed by atoms with Crippen molar-refractivity contribution in [2.45, 2.75) is 45.8 Å². The van der Waals surface area contributed by atoms with E-state index in [1.54, 1.807) is 32.9 Å². The fraction of sp³-hybridized carbons (Fsp3) is 0.409. The molecule has 0 fully saturated rings. The summed E-state index contributed by atoms with van der Waals surface area (Å²) in [7, 11) is 0. The second kappa shape index (κ2) is 11.9. The largest absolute Gasteiger partial charge is 0.462 e. The Morgan fingerprint density at radius 3 is 2.46 bits per heavy atom. The summed E-state index contributed by atoms with van der Waals surface area (Å²) in [6.07, 6.45) is 0. The molecule has 188 valence electrons. The van der Waals surface area contributed by atoms with Gasteiger partial charge >= 0.3 is 11.9 Å². The Kier molecular flexibility index (Phi) is 9.14. The first-order chi connectivity index (χ1) is 16.7. The van der Waals surface area contributed by atoms with Gasteiger partial charge in [0.05, 0.1) is 24.5 Å². The smallest absolute Gasteiger partial charge is 0.348 e. The van der Waals surface area contributed by atoms with Crippen molar-refractivity contribution in [1.82, 2.24) is 14.8 Å². The lowest BCUT2D eigenvalue weighted by Crippen LogP contribution is -2.17. The van der Waals surface area contributed by atoms with Gasteiger partial charge in [-0.25, -0.2) is 9.59 Å². The summed E-state index contributed by atoms with van der Waals surface area (Å²) in [5, 5.41) is 12.0. The first kappa shape index (κ1) is 27.0. The number of rotatable bonds is 10. The van der Waals surface area contributed by atoms with Crippen LogP contribution in [0.3, 0.4) is 0 Å². The second-order valence-corrected chi connectivity index (χ2v) is 10.2. The third-order valence-electron chi connectivity index (χ3n) is 4.65. The van der Waals surface area contributed by atoms with E-state index in [9.17, 15) is 14.4 Å². The first-order valence-corrected chi connectivity index (χ1v) is 13.4. The summed E-state index contributed by atoms with van der Waals surface area (Å²) in [5.41, 5.74) is 0.554. The number of hydrogen-bond donors (Lipinski definition) is 1. The topological polar surface area (TPSA) is 126 Å². The molecular formula is C22H25BrN4O6S2. The zero-order valence-corrected chi connectivity index (χ0v) is 23.1. The van der Waals surface area contributed by atoms with Crippen molar-refractivity contribution in [2.24, 2.45) is 0 Å². The van der Waals surface area contributed by atoms with Gasteiger partial charge < -0.3 is 19.2 Å². The van der Waals surface area contributed by atoms with Gasteiger partial charge in [-0.2, -0.15) is 0 Å². The number of thiophene rings is 1. The molecule has 3 heterocycles. The minimum absolute atomic E-state index is 0.000650. The zero-order valence-electron chi connectivity index (χ0n) is 19.8. The quantitative estimate of drug-likeness (QED) is 0.248. The lowest BCUT2D eigenvalue weighted by atomic mass is 10.1. The molecule has 0 aliphatic heterocycles. The minimum atomic E-state index is -0.617. The molecule has 1 N–H and O–H groups in total. The van der Waals surface area contributed by atoms with Gasteiger partial charge in [-0.1, -0.05) is 11.8 Å². The highest BCUT2D eigenvalue weighted by Gasteiger charge is 2.27. The summed E-state index contributed by atoms with van der Waals surface area (Å²) in [6, 6.07) is 3.56. The van der Waals surface area contributed by atoms with Crippen molar-refractivity contribution in [2.75, 3.05) is 24.3 Å². The third kappa shape index (κ3) is 6.14. The summed E-state index contributed by atoms with van der Waals surface area (Å²) >= 11 is 5.47. The third-order valence-corrected chi connectivity index (χ3v) is 7.20. The number of hydrogen-bond acceptors (Lipinski definition) is 10. The van der Waals surface area contributed by atoms with Crippen LogP contribution < -0.4 is 5.32 Å². The van der Waals surface area contributed by atoms with Gasteiger partial charge in [0.2, 0.25) is 11.7 Å². The standard InChI is InChI=1S/C22H25BrN4O6S2/c1-6-31-20(29)16-12(5)17(21(30)32-7-2)35-19(16)24-15(28)10-34-22-26-25-18(27(22)11(3)4)13-8-9-14(23)33-13/h8-9,11H,6-7,10H2,1-5H3,(H,24,28). The molecule has 0 spiro atoms. The maximum Gasteiger partial charge on any atom is 0.348 e. The van der Waals surface area contributed by atoms with Crippen LogP contribution >= 0.6 is 39.0 Å². The summed E-state index contributed by atoms with van der Waals surface area (Å²) in [6.45, 7) is 9.31. The zero-order chi connectivity index (χ0) is 25.7. The molecule has 3 aromatic rings. The van der Waals surface area contributed by atoms with E-state index in [1.165, 1.54) is 11.8 Å². The van der Waals surface area contributed by atoms with Gasteiger partial charge in [-0.15, -0.1) is 21.5 Å². The number of anilines is 1. The number of ether oxygens (including phenoxy) is 2. The first-order valence-electron chi connectivity index (χ1n) is 10.8. The van der Waals surface area contributed by atoms with Gasteiger partial charge in [0.15, 0.2) is 15.6 Å². The number of furan rings is 1. The predicted molar refractivity (Wildman–Crippen MR) is 136 cm³/mol. The van der Waals surface area contributed by atoms with Gasteiger partial charge in [-0.3, -0.25) is 9.36 Å². The summed E-state index contributed by atoms with van der Waals surface area (Å²) < 4.78 is 18.3. The molecule has 13 heteroatoms. The Morgan fingerprint density at radius 1 is 1.17 bits per heavy atom. The van der Waals surface area contributed by atoms with E-state index in [1.807, 2.05) is 18.4 Å². The maximum absolute atomic E-state index is 12.8. The summed E-state index contributed by atoms with van der Waals surface area (Å²) in [4.78, 5) is 37.9. The monoisotopic (exact) mass is 584 g/mol. The van der Waals surface area contributed by atoms with E-state index in [4.69, 9.17) is 13.9 Å². The second-order valence-electron chi connectivity index (χ2n) is 7.41. The lowest BCUT2D eigenvalue weighted by Gasteiger charge is -2.12. The molecule has 0 radical (unpaired) electrons. The van der Waals surface area contributed by atoms with Crippen LogP contribution in [0.1, 0.15) is 59.3 Å². The van der Waals surface area contributed by atoms with Crippen LogP contribution in [0.25, 0.3) is 11.6 Å². The number of amides is 1. The molecule has 0 saturated heterocycles. The Labute approximate surface area is 218 Å². The molecule has 0 saturated carbocycles. The van der Waals surface area contributed by atoms with E-state index >= 15 is 0 Å². The Bertz CT molecular complexity index is 1230. The number of aromatic nitrogens is 3. The van der Waals surface area contributed by atoms with Crippen molar-refractivity contribution < 1.29 is 28.3 Å². The Morgan fingerprint density at radius 2 is 1.86 bits per heavy atom. The molecule has 0 atom stereocenters. The lowest BCUT2D eigenvalue weighted by molar-refractivity contribution is -0.113. The van der Waals surface area contributed by atoms with Crippen LogP contribution in [-0.4, -0.2) is 51.6 Å². The molecule has 35 heavy (non-hydrogen) atoms. The van der Waals surface area contributed by atoms with Gasteiger partial charge in [0.1, 0.15) is 9.88 Å². The van der Waals surface area contributed by atoms with Crippen molar-refractivity contribution in [3.05, 3.63) is 32.8 Å². The number of halogens is 1. The van der Waals surface area contributed by atoms with Crippen LogP contribution in [0.5, 0.6) is 0 Å². The molecule has 0 aliphatic rings. The van der Waals surface area contributed by atoms with Crippen molar-refractivity contribution in [3.63, 3.8) is 0 Å². The van der Waals surface area contributed by atoms with Crippen molar-refractivity contribution in [3.8, 4) is 11.6 Å². The molecule has 0 aliphatic carbocycles. The molecule has 3 rings (SSSR count). The highest BCUT2D eigenvalue weighted by Crippen LogP contribution is 2.35. The molecule has 3 aromatic heterocycles. The van der Waals surface area contributed by atoms with E-state index in [0.717, 1.165) is 11.3 Å². The van der Waals surface area contributed by atoms with E-state index < -0.39 is 11.9 Å². The normalized spacial score (nSPS) is 11.1. The van der Waals surface area contributed by atoms with Crippen LogP contribution in [0, 0.1) is 6.92 Å². The number of carbonyl (C=O) groups excluding carboxylic acids is 3. The highest BCUT2D eigenvalue weighted by molar-refractivity contribution is 9.10. The highest BCUT2D eigenvalue weighted by atomic mass is 79.9. The SMILES string of the molecule is CCOC(=O)c1sc(NC(=O)CSc2nnc(-c3ccc(Br)o3)n2C(C)C)c(C(=O)OCC)c1C. The number of nitrogens with one attached hydrogen (secondary N) is 1. The van der Waals surface area contributed by atoms with Gasteiger partial charge in [-0.05, 0) is 68.2 Å². The fourth-order valence-corrected chi connectivity index (χ4v) is 5.46. The average Bonchev–Trinajstić information content (AvgIpc) is 3.49. The number of thioether (sulfide) groups is 1. The summed E-state index contributed by atoms with van der Waals surface area (Å²) in [5.74, 6) is -0.454. The number of nitrogens with zero attached hydrogens (tertiary/aromatic N) is 3. The Balaban J connectivity index is 1.80. The molecule has 0 bridgehead atoms. The predicted octanol–water partition coefficient (Wildman–Crippen LogP) is 5.34. The van der Waals surface area contributed by atoms with E-state index in [-0.39, 0.29) is 46.4 Å². The number of carbonyl (C=O) groups is 3. The fourth-order valence-electron chi connectivity index (χ4n) is 3.18. The molecule has 0 unspecified atom stereocenters. The van der Waals surface area contributed by atoms with Crippen molar-refractivity contribution >= 4 is 61.9 Å². The van der Waals surface area contributed by atoms with Crippen LogP contribution in [-0.2, 0) is 14.3 Å². The van der Waals surface area contributed by atoms with Crippen LogP contribution in [0.4, 0.5) is 5.00 Å². The van der Waals surface area contributed by atoms with Crippen LogP contribution in [0.2, 0.25) is 0 Å². The van der Waals surface area contributed by atoms with Crippen molar-refractivity contribution in [1.29, 1.82) is 0 Å². The Hall–Kier alpha value is -2.64. The molecule has 10 nitrogen and oxygen atoms in total. The minimum Gasteiger partial charge on any atom is -0.462 e. The van der Waals surface area contributed by atoms with Gasteiger partial charge in [0.25, 0.3) is 0 Å².